The molecular formula is C45H30O2. The van der Waals surface area contributed by atoms with E-state index < -0.39 is 0 Å². The fourth-order valence-corrected chi connectivity index (χ4v) is 7.46. The van der Waals surface area contributed by atoms with Crippen molar-refractivity contribution in [1.29, 1.82) is 0 Å². The number of hydrogen-bond acceptors (Lipinski definition) is 2. The summed E-state index contributed by atoms with van der Waals surface area (Å²) in [4.78, 5) is 0. The topological polar surface area (TPSA) is 33.4 Å². The van der Waals surface area contributed by atoms with E-state index in [-0.39, 0.29) is 5.75 Å². The van der Waals surface area contributed by atoms with Crippen molar-refractivity contribution in [2.24, 2.45) is 0 Å². The van der Waals surface area contributed by atoms with Gasteiger partial charge in [-0.2, -0.15) is 0 Å². The van der Waals surface area contributed by atoms with Crippen LogP contribution in [0.25, 0.3) is 88.0 Å². The van der Waals surface area contributed by atoms with Crippen LogP contribution in [0.3, 0.4) is 0 Å². The Balaban J connectivity index is 1.35. The van der Waals surface area contributed by atoms with Crippen LogP contribution < -0.4 is 0 Å². The second-order valence-corrected chi connectivity index (χ2v) is 12.2. The van der Waals surface area contributed by atoms with E-state index in [4.69, 9.17) is 4.42 Å². The van der Waals surface area contributed by atoms with E-state index in [1.165, 1.54) is 43.8 Å². The van der Waals surface area contributed by atoms with Crippen LogP contribution in [0.5, 0.6) is 5.75 Å². The van der Waals surface area contributed by atoms with Gasteiger partial charge in [-0.15, -0.1) is 0 Å². The van der Waals surface area contributed by atoms with Crippen molar-refractivity contribution in [1.82, 2.24) is 0 Å². The third-order valence-corrected chi connectivity index (χ3v) is 9.52. The van der Waals surface area contributed by atoms with E-state index in [1.54, 1.807) is 0 Å². The lowest BCUT2D eigenvalue weighted by molar-refractivity contribution is 0.477. The van der Waals surface area contributed by atoms with Gasteiger partial charge in [0.05, 0.1) is 0 Å². The molecule has 1 heterocycles. The zero-order chi connectivity index (χ0) is 31.5. The summed E-state index contributed by atoms with van der Waals surface area (Å²) in [7, 11) is 0. The number of fused-ring (bicyclic) bond motifs is 5. The molecule has 0 saturated heterocycles. The Morgan fingerprint density at radius 3 is 1.68 bits per heavy atom. The molecule has 0 aliphatic rings. The molecule has 2 heteroatoms. The van der Waals surface area contributed by atoms with Crippen LogP contribution in [-0.4, -0.2) is 5.11 Å². The van der Waals surface area contributed by atoms with Crippen LogP contribution >= 0.6 is 0 Å². The molecule has 0 amide bonds. The van der Waals surface area contributed by atoms with Gasteiger partial charge < -0.3 is 9.52 Å². The number of aryl methyl sites for hydroxylation is 1. The lowest BCUT2D eigenvalue weighted by Gasteiger charge is -2.20. The Bertz CT molecular complexity index is 2590. The summed E-state index contributed by atoms with van der Waals surface area (Å²) in [5, 5.41) is 18.3. The summed E-state index contributed by atoms with van der Waals surface area (Å²) >= 11 is 0. The number of benzene rings is 8. The van der Waals surface area contributed by atoms with Crippen molar-refractivity contribution in [2.45, 2.75) is 6.92 Å². The maximum atomic E-state index is 11.5. The first-order valence-corrected chi connectivity index (χ1v) is 16.0. The maximum Gasteiger partial charge on any atom is 0.136 e. The molecule has 9 aromatic rings. The van der Waals surface area contributed by atoms with E-state index in [2.05, 4.69) is 128 Å². The molecule has 2 nitrogen and oxygen atoms in total. The highest BCUT2D eigenvalue weighted by Crippen LogP contribution is 2.48. The van der Waals surface area contributed by atoms with Gasteiger partial charge in [-0.25, -0.2) is 0 Å². The van der Waals surface area contributed by atoms with E-state index >= 15 is 0 Å². The van der Waals surface area contributed by atoms with Crippen molar-refractivity contribution in [2.75, 3.05) is 0 Å². The standard InChI is InChI=1S/C45H30O2/c1-28-23-26-41-45(37-21-11-12-22-40(37)47-41)42(28)38-27-30(24-25-39(38)46)43-33-17-7-9-19-35(33)44(36-20-10-8-18-34(36)43)32-16-6-5-15-31(32)29-13-3-2-4-14-29/h2-27,46H,1H3. The van der Waals surface area contributed by atoms with Gasteiger partial charge in [-0.1, -0.05) is 133 Å². The van der Waals surface area contributed by atoms with Crippen LogP contribution in [0.15, 0.2) is 162 Å². The summed E-state index contributed by atoms with van der Waals surface area (Å²) in [5.74, 6) is 0.247. The van der Waals surface area contributed by atoms with Gasteiger partial charge in [0.2, 0.25) is 0 Å². The van der Waals surface area contributed by atoms with Gasteiger partial charge in [0, 0.05) is 21.9 Å². The lowest BCUT2D eigenvalue weighted by atomic mass is 9.83. The molecular weight excluding hydrogens is 572 g/mol. The molecule has 1 aromatic heterocycles. The normalized spacial score (nSPS) is 11.6. The summed E-state index contributed by atoms with van der Waals surface area (Å²) in [5.41, 5.74) is 11.6. The Morgan fingerprint density at radius 2 is 0.979 bits per heavy atom. The number of furan rings is 1. The van der Waals surface area contributed by atoms with Crippen molar-refractivity contribution >= 4 is 43.5 Å². The summed E-state index contributed by atoms with van der Waals surface area (Å²) < 4.78 is 6.25. The monoisotopic (exact) mass is 602 g/mol. The second-order valence-electron chi connectivity index (χ2n) is 12.2. The van der Waals surface area contributed by atoms with Crippen molar-refractivity contribution in [3.05, 3.63) is 163 Å². The fourth-order valence-electron chi connectivity index (χ4n) is 7.46. The Hall–Kier alpha value is -6.12. The smallest absolute Gasteiger partial charge is 0.136 e. The van der Waals surface area contributed by atoms with E-state index in [0.717, 1.165) is 49.8 Å². The minimum Gasteiger partial charge on any atom is -0.507 e. The number of phenolic OH excluding ortho intramolecular Hbond substituents is 1. The minimum absolute atomic E-state index is 0.247. The number of para-hydroxylation sites is 1. The van der Waals surface area contributed by atoms with Gasteiger partial charge in [0.25, 0.3) is 0 Å². The minimum atomic E-state index is 0.247. The van der Waals surface area contributed by atoms with Crippen molar-refractivity contribution < 1.29 is 9.52 Å². The molecule has 0 unspecified atom stereocenters. The third kappa shape index (κ3) is 4.26. The molecule has 0 fully saturated rings. The fraction of sp³-hybridized carbons (Fsp3) is 0.0222. The van der Waals surface area contributed by atoms with Gasteiger partial charge in [0.15, 0.2) is 0 Å². The maximum absolute atomic E-state index is 11.5. The van der Waals surface area contributed by atoms with Crippen LogP contribution in [0.4, 0.5) is 0 Å². The van der Waals surface area contributed by atoms with Crippen molar-refractivity contribution in [3.8, 4) is 50.3 Å². The SMILES string of the molecule is Cc1ccc2oc3ccccc3c2c1-c1cc(-c2c3ccccc3c(-c3ccccc3-c3ccccc3)c3ccccc23)ccc1O. The lowest BCUT2D eigenvalue weighted by Crippen LogP contribution is -1.93. The summed E-state index contributed by atoms with van der Waals surface area (Å²) in [6, 6.07) is 55.1. The summed E-state index contributed by atoms with van der Waals surface area (Å²) in [6.07, 6.45) is 0. The van der Waals surface area contributed by atoms with Crippen LogP contribution in [0, 0.1) is 6.92 Å². The van der Waals surface area contributed by atoms with E-state index in [1.807, 2.05) is 36.4 Å². The van der Waals surface area contributed by atoms with Gasteiger partial charge >= 0.3 is 0 Å². The molecule has 0 radical (unpaired) electrons. The molecule has 0 aliphatic carbocycles. The first-order chi connectivity index (χ1) is 23.2. The summed E-state index contributed by atoms with van der Waals surface area (Å²) in [6.45, 7) is 2.10. The predicted molar refractivity (Wildman–Crippen MR) is 197 cm³/mol. The van der Waals surface area contributed by atoms with E-state index in [9.17, 15) is 5.11 Å². The molecule has 0 bridgehead atoms. The van der Waals surface area contributed by atoms with Crippen molar-refractivity contribution in [3.63, 3.8) is 0 Å². The zero-order valence-electron chi connectivity index (χ0n) is 25.9. The molecule has 222 valence electrons. The van der Waals surface area contributed by atoms with Crippen LogP contribution in [-0.2, 0) is 0 Å². The highest BCUT2D eigenvalue weighted by atomic mass is 16.3. The van der Waals surface area contributed by atoms with Gasteiger partial charge in [-0.05, 0) is 91.7 Å². The third-order valence-electron chi connectivity index (χ3n) is 9.52. The number of aromatic hydroxyl groups is 1. The molecule has 1 N–H and O–H groups in total. The van der Waals surface area contributed by atoms with Gasteiger partial charge in [0.1, 0.15) is 16.9 Å². The number of hydrogen-bond donors (Lipinski definition) is 1. The molecule has 0 spiro atoms. The van der Waals surface area contributed by atoms with E-state index in [0.29, 0.717) is 0 Å². The highest BCUT2D eigenvalue weighted by molar-refractivity contribution is 6.23. The molecule has 8 aromatic carbocycles. The quantitative estimate of drug-likeness (QED) is 0.203. The molecule has 0 atom stereocenters. The largest absolute Gasteiger partial charge is 0.507 e. The second kappa shape index (κ2) is 10.8. The zero-order valence-corrected chi connectivity index (χ0v) is 25.9. The molecule has 9 rings (SSSR count). The first-order valence-electron chi connectivity index (χ1n) is 16.0. The highest BCUT2D eigenvalue weighted by Gasteiger charge is 2.21. The Labute approximate surface area is 272 Å². The average Bonchev–Trinajstić information content (AvgIpc) is 3.50. The van der Waals surface area contributed by atoms with Gasteiger partial charge in [-0.3, -0.25) is 0 Å². The van der Waals surface area contributed by atoms with Crippen LogP contribution in [0.1, 0.15) is 5.56 Å². The number of phenols is 1. The molecule has 0 saturated carbocycles. The molecule has 47 heavy (non-hydrogen) atoms. The average molecular weight is 603 g/mol. The Kier molecular flexibility index (Phi) is 6.22. The predicted octanol–water partition coefficient (Wildman–Crippen LogP) is 12.6. The first kappa shape index (κ1) is 27.2. The Morgan fingerprint density at radius 1 is 0.404 bits per heavy atom. The number of rotatable bonds is 4. The molecule has 0 aliphatic heterocycles. The van der Waals surface area contributed by atoms with Crippen LogP contribution in [0.2, 0.25) is 0 Å².